The summed E-state index contributed by atoms with van der Waals surface area (Å²) in [4.78, 5) is 26.0. The predicted molar refractivity (Wildman–Crippen MR) is 117 cm³/mol. The zero-order chi connectivity index (χ0) is 21.8. The molecular weight excluding hydrogens is 414 g/mol. The zero-order valence-corrected chi connectivity index (χ0v) is 17.9. The molecule has 0 saturated carbocycles. The molecule has 0 bridgehead atoms. The lowest BCUT2D eigenvalue weighted by atomic mass is 10.2. The summed E-state index contributed by atoms with van der Waals surface area (Å²) in [6.45, 7) is 2.19. The largest absolute Gasteiger partial charge is 0.497 e. The van der Waals surface area contributed by atoms with Gasteiger partial charge in [-0.05, 0) is 48.9 Å². The maximum Gasteiger partial charge on any atom is 0.367 e. The van der Waals surface area contributed by atoms with Crippen LogP contribution in [-0.4, -0.2) is 32.4 Å². The Balaban J connectivity index is 1.43. The van der Waals surface area contributed by atoms with Crippen molar-refractivity contribution in [1.29, 1.82) is 0 Å². The molecule has 0 spiro atoms. The molecule has 0 unspecified atom stereocenters. The van der Waals surface area contributed by atoms with E-state index in [1.807, 2.05) is 55.5 Å². The molecule has 0 radical (unpaired) electrons. The fourth-order valence-corrected chi connectivity index (χ4v) is 3.68. The van der Waals surface area contributed by atoms with Gasteiger partial charge in [-0.15, -0.1) is 5.10 Å². The standard InChI is InChI=1S/C22H21N5O3S/c1-15-3-9-18(10-4-15)31-21-12-11-19-24-26(22(29)27(19)25-21)14-20(28)23-13-16-5-7-17(30-2)8-6-16/h3-12H,13-14H2,1-2H3,(H,23,28). The second-order valence-corrected chi connectivity index (χ2v) is 8.02. The van der Waals surface area contributed by atoms with Crippen molar-refractivity contribution >= 4 is 23.3 Å². The molecule has 0 aliphatic rings. The number of carbonyl (C=O) groups excluding carboxylic acids is 1. The first kappa shape index (κ1) is 20.7. The van der Waals surface area contributed by atoms with Crippen LogP contribution in [0, 0.1) is 6.92 Å². The summed E-state index contributed by atoms with van der Waals surface area (Å²) < 4.78 is 7.45. The number of carbonyl (C=O) groups is 1. The van der Waals surface area contributed by atoms with Crippen molar-refractivity contribution in [1.82, 2.24) is 24.7 Å². The highest BCUT2D eigenvalue weighted by molar-refractivity contribution is 7.99. The molecule has 0 fully saturated rings. The Hall–Kier alpha value is -3.59. The third-order valence-corrected chi connectivity index (χ3v) is 5.54. The molecule has 2 aromatic heterocycles. The molecule has 9 heteroatoms. The Morgan fingerprint density at radius 1 is 1.03 bits per heavy atom. The van der Waals surface area contributed by atoms with Crippen LogP contribution in [-0.2, 0) is 17.9 Å². The van der Waals surface area contributed by atoms with Gasteiger partial charge in [-0.3, -0.25) is 4.79 Å². The average molecular weight is 436 g/mol. The first-order valence-electron chi connectivity index (χ1n) is 9.63. The summed E-state index contributed by atoms with van der Waals surface area (Å²) in [5.74, 6) is 0.439. The van der Waals surface area contributed by atoms with Crippen molar-refractivity contribution in [3.05, 3.63) is 82.3 Å². The lowest BCUT2D eigenvalue weighted by Crippen LogP contribution is -2.32. The Labute approximate surface area is 182 Å². The number of amides is 1. The SMILES string of the molecule is COc1ccc(CNC(=O)Cn2nc3ccc(Sc4ccc(C)cc4)nn3c2=O)cc1. The van der Waals surface area contributed by atoms with Crippen molar-refractivity contribution in [3.63, 3.8) is 0 Å². The number of ether oxygens (including phenoxy) is 1. The van der Waals surface area contributed by atoms with E-state index in [2.05, 4.69) is 15.5 Å². The molecule has 0 atom stereocenters. The van der Waals surface area contributed by atoms with E-state index in [0.29, 0.717) is 17.2 Å². The minimum Gasteiger partial charge on any atom is -0.497 e. The van der Waals surface area contributed by atoms with Crippen LogP contribution in [0.25, 0.3) is 5.65 Å². The number of rotatable bonds is 7. The molecule has 158 valence electrons. The van der Waals surface area contributed by atoms with E-state index in [0.717, 1.165) is 20.9 Å². The molecule has 31 heavy (non-hydrogen) atoms. The number of nitrogens with one attached hydrogen (secondary N) is 1. The summed E-state index contributed by atoms with van der Waals surface area (Å²) in [6.07, 6.45) is 0. The number of hydrogen-bond donors (Lipinski definition) is 1. The van der Waals surface area contributed by atoms with E-state index in [1.54, 1.807) is 19.2 Å². The first-order chi connectivity index (χ1) is 15.0. The number of aromatic nitrogens is 4. The number of benzene rings is 2. The minimum absolute atomic E-state index is 0.182. The number of fused-ring (bicyclic) bond motifs is 1. The highest BCUT2D eigenvalue weighted by atomic mass is 32.2. The predicted octanol–water partition coefficient (Wildman–Crippen LogP) is 2.68. The Morgan fingerprint density at radius 3 is 2.48 bits per heavy atom. The van der Waals surface area contributed by atoms with Crippen LogP contribution in [0.5, 0.6) is 5.75 Å². The lowest BCUT2D eigenvalue weighted by molar-refractivity contribution is -0.122. The quantitative estimate of drug-likeness (QED) is 0.480. The molecule has 2 aromatic carbocycles. The normalized spacial score (nSPS) is 10.9. The van der Waals surface area contributed by atoms with E-state index in [4.69, 9.17) is 4.74 Å². The topological polar surface area (TPSA) is 90.5 Å². The number of aryl methyl sites for hydroxylation is 1. The summed E-state index contributed by atoms with van der Waals surface area (Å²) in [7, 11) is 1.60. The van der Waals surface area contributed by atoms with E-state index in [9.17, 15) is 9.59 Å². The van der Waals surface area contributed by atoms with E-state index in [-0.39, 0.29) is 12.5 Å². The van der Waals surface area contributed by atoms with Gasteiger partial charge in [0.2, 0.25) is 5.91 Å². The van der Waals surface area contributed by atoms with Crippen LogP contribution in [0.1, 0.15) is 11.1 Å². The van der Waals surface area contributed by atoms with Crippen molar-refractivity contribution in [2.24, 2.45) is 0 Å². The highest BCUT2D eigenvalue weighted by Crippen LogP contribution is 2.25. The summed E-state index contributed by atoms with van der Waals surface area (Å²) in [5, 5.41) is 12.0. The molecule has 0 aliphatic carbocycles. The lowest BCUT2D eigenvalue weighted by Gasteiger charge is -2.06. The summed E-state index contributed by atoms with van der Waals surface area (Å²) in [5.41, 5.74) is 2.04. The van der Waals surface area contributed by atoms with E-state index in [1.165, 1.54) is 21.8 Å². The molecular formula is C22H21N5O3S. The highest BCUT2D eigenvalue weighted by Gasteiger charge is 2.12. The Kier molecular flexibility index (Phi) is 6.03. The maximum absolute atomic E-state index is 12.7. The smallest absolute Gasteiger partial charge is 0.367 e. The summed E-state index contributed by atoms with van der Waals surface area (Å²) >= 11 is 1.46. The summed E-state index contributed by atoms with van der Waals surface area (Å²) in [6, 6.07) is 19.0. The maximum atomic E-state index is 12.7. The van der Waals surface area contributed by atoms with Gasteiger partial charge >= 0.3 is 5.69 Å². The van der Waals surface area contributed by atoms with Crippen molar-refractivity contribution in [3.8, 4) is 5.75 Å². The molecule has 2 heterocycles. The van der Waals surface area contributed by atoms with Gasteiger partial charge < -0.3 is 10.1 Å². The molecule has 4 rings (SSSR count). The monoisotopic (exact) mass is 435 g/mol. The minimum atomic E-state index is -0.457. The number of methoxy groups -OCH3 is 1. The van der Waals surface area contributed by atoms with Gasteiger partial charge in [0.05, 0.1) is 7.11 Å². The third-order valence-electron chi connectivity index (χ3n) is 4.60. The van der Waals surface area contributed by atoms with Crippen LogP contribution < -0.4 is 15.7 Å². The van der Waals surface area contributed by atoms with Gasteiger partial charge in [0, 0.05) is 11.4 Å². The second-order valence-electron chi connectivity index (χ2n) is 6.92. The average Bonchev–Trinajstić information content (AvgIpc) is 3.09. The number of nitrogens with zero attached hydrogens (tertiary/aromatic N) is 4. The molecule has 8 nitrogen and oxygen atoms in total. The molecule has 0 saturated heterocycles. The van der Waals surface area contributed by atoms with Gasteiger partial charge in [0.15, 0.2) is 5.65 Å². The van der Waals surface area contributed by atoms with Crippen molar-refractivity contribution in [2.45, 2.75) is 29.9 Å². The van der Waals surface area contributed by atoms with Gasteiger partial charge in [-0.25, -0.2) is 9.48 Å². The molecule has 1 amide bonds. The third kappa shape index (κ3) is 4.95. The van der Waals surface area contributed by atoms with Crippen molar-refractivity contribution in [2.75, 3.05) is 7.11 Å². The number of hydrogen-bond acceptors (Lipinski definition) is 6. The van der Waals surface area contributed by atoms with Crippen LogP contribution in [0.3, 0.4) is 0 Å². The zero-order valence-electron chi connectivity index (χ0n) is 17.1. The van der Waals surface area contributed by atoms with Crippen LogP contribution in [0.2, 0.25) is 0 Å². The Morgan fingerprint density at radius 2 is 1.77 bits per heavy atom. The van der Waals surface area contributed by atoms with Crippen LogP contribution >= 0.6 is 11.8 Å². The fraction of sp³-hybridized carbons (Fsp3) is 0.182. The van der Waals surface area contributed by atoms with Crippen molar-refractivity contribution < 1.29 is 9.53 Å². The van der Waals surface area contributed by atoms with Gasteiger partial charge in [-0.1, -0.05) is 41.6 Å². The van der Waals surface area contributed by atoms with Gasteiger partial charge in [0.25, 0.3) is 0 Å². The molecule has 4 aromatic rings. The fourth-order valence-electron chi connectivity index (χ4n) is 2.91. The first-order valence-corrected chi connectivity index (χ1v) is 10.4. The van der Waals surface area contributed by atoms with Gasteiger partial charge in [0.1, 0.15) is 17.3 Å². The van der Waals surface area contributed by atoms with E-state index < -0.39 is 5.69 Å². The van der Waals surface area contributed by atoms with Crippen LogP contribution in [0.4, 0.5) is 0 Å². The second kappa shape index (κ2) is 9.05. The van der Waals surface area contributed by atoms with Gasteiger partial charge in [-0.2, -0.15) is 9.61 Å². The molecule has 1 N–H and O–H groups in total. The Bertz CT molecular complexity index is 1260. The molecule has 0 aliphatic heterocycles. The van der Waals surface area contributed by atoms with E-state index >= 15 is 0 Å². The van der Waals surface area contributed by atoms with Crippen LogP contribution in [0.15, 0.2) is 75.4 Å².